The Balaban J connectivity index is 0.000000771. The Morgan fingerprint density at radius 1 is 1.28 bits per heavy atom. The van der Waals surface area contributed by atoms with E-state index in [1.165, 1.54) is 5.56 Å². The summed E-state index contributed by atoms with van der Waals surface area (Å²) in [4.78, 5) is 6.80. The fraction of sp³-hybridized carbons (Fsp3) is 0.667. The molecule has 0 spiro atoms. The highest BCUT2D eigenvalue weighted by Gasteiger charge is 2.19. The maximum absolute atomic E-state index is 5.64. The van der Waals surface area contributed by atoms with Crippen molar-refractivity contribution in [1.29, 1.82) is 0 Å². The first-order chi connectivity index (χ1) is 8.79. The smallest absolute Gasteiger partial charge is 0.128 e. The molecule has 1 aromatic rings. The number of ether oxygens (including phenoxy) is 1. The molecule has 102 valence electrons. The molecule has 3 nitrogen and oxygen atoms in total. The molecule has 0 N–H and O–H groups in total. The third-order valence-electron chi connectivity index (χ3n) is 3.06. The Hall–Kier alpha value is -1.09. The highest BCUT2D eigenvalue weighted by Crippen LogP contribution is 2.19. The molecule has 1 aromatic heterocycles. The monoisotopic (exact) mass is 250 g/mol. The Kier molecular flexibility index (Phi) is 6.73. The number of anilines is 1. The van der Waals surface area contributed by atoms with E-state index >= 15 is 0 Å². The highest BCUT2D eigenvalue weighted by atomic mass is 16.5. The normalized spacial score (nSPS) is 16.1. The molecule has 1 aliphatic heterocycles. The lowest BCUT2D eigenvalue weighted by atomic mass is 10.1. The second kappa shape index (κ2) is 8.09. The summed E-state index contributed by atoms with van der Waals surface area (Å²) in [6, 6.07) is 4.23. The summed E-state index contributed by atoms with van der Waals surface area (Å²) in [5.74, 6) is 1.10. The molecule has 0 unspecified atom stereocenters. The van der Waals surface area contributed by atoms with Crippen LogP contribution in [0.15, 0.2) is 18.3 Å². The number of aromatic nitrogens is 1. The predicted octanol–water partition coefficient (Wildman–Crippen LogP) is 3.42. The third-order valence-corrected chi connectivity index (χ3v) is 3.06. The lowest BCUT2D eigenvalue weighted by Gasteiger charge is -2.32. The fourth-order valence-electron chi connectivity index (χ4n) is 2.13. The van der Waals surface area contributed by atoms with E-state index in [9.17, 15) is 0 Å². The zero-order valence-electron chi connectivity index (χ0n) is 12.1. The summed E-state index contributed by atoms with van der Waals surface area (Å²) in [6.07, 6.45) is 4.61. The van der Waals surface area contributed by atoms with Crippen LogP contribution in [0.25, 0.3) is 0 Å². The van der Waals surface area contributed by atoms with Gasteiger partial charge in [0.1, 0.15) is 5.82 Å². The average molecular weight is 250 g/mol. The molecule has 1 fully saturated rings. The van der Waals surface area contributed by atoms with Gasteiger partial charge in [-0.3, -0.25) is 0 Å². The lowest BCUT2D eigenvalue weighted by molar-refractivity contribution is 0.0458. The largest absolute Gasteiger partial charge is 0.378 e. The van der Waals surface area contributed by atoms with Gasteiger partial charge in [-0.05, 0) is 38.3 Å². The molecular weight excluding hydrogens is 224 g/mol. The van der Waals surface area contributed by atoms with Crippen LogP contribution in [0.3, 0.4) is 0 Å². The van der Waals surface area contributed by atoms with E-state index in [1.54, 1.807) is 0 Å². The van der Waals surface area contributed by atoms with Crippen molar-refractivity contribution in [2.45, 2.75) is 46.6 Å². The minimum Gasteiger partial charge on any atom is -0.378 e. The van der Waals surface area contributed by atoms with Crippen LogP contribution in [0.1, 0.15) is 39.2 Å². The third kappa shape index (κ3) is 4.30. The average Bonchev–Trinajstić information content (AvgIpc) is 2.43. The standard InChI is InChI=1S/C13H20N2O.C2H6/c1-3-16-12-6-8-15(9-7-12)13-5-4-11(2)10-14-13;1-2/h4-5,10,12H,3,6-9H2,1-2H3;1-2H3. The summed E-state index contributed by atoms with van der Waals surface area (Å²) in [7, 11) is 0. The van der Waals surface area contributed by atoms with Crippen molar-refractivity contribution < 1.29 is 4.74 Å². The lowest BCUT2D eigenvalue weighted by Crippen LogP contribution is -2.37. The topological polar surface area (TPSA) is 25.4 Å². The molecule has 0 saturated carbocycles. The number of nitrogens with zero attached hydrogens (tertiary/aromatic N) is 2. The number of hydrogen-bond acceptors (Lipinski definition) is 3. The van der Waals surface area contributed by atoms with Gasteiger partial charge >= 0.3 is 0 Å². The van der Waals surface area contributed by atoms with Gasteiger partial charge in [0.15, 0.2) is 0 Å². The maximum atomic E-state index is 5.64. The van der Waals surface area contributed by atoms with Crippen LogP contribution < -0.4 is 4.90 Å². The number of hydrogen-bond donors (Lipinski definition) is 0. The summed E-state index contributed by atoms with van der Waals surface area (Å²) < 4.78 is 5.64. The highest BCUT2D eigenvalue weighted by molar-refractivity contribution is 5.39. The van der Waals surface area contributed by atoms with E-state index < -0.39 is 0 Å². The molecular formula is C15H26N2O. The Morgan fingerprint density at radius 2 is 1.94 bits per heavy atom. The Labute approximate surface area is 111 Å². The number of rotatable bonds is 3. The number of pyridine rings is 1. The van der Waals surface area contributed by atoms with Gasteiger partial charge in [0.2, 0.25) is 0 Å². The van der Waals surface area contributed by atoms with Crippen LogP contribution in [-0.2, 0) is 4.74 Å². The predicted molar refractivity (Wildman–Crippen MR) is 77.2 cm³/mol. The summed E-state index contributed by atoms with van der Waals surface area (Å²) in [5, 5.41) is 0. The van der Waals surface area contributed by atoms with Gasteiger partial charge in [-0.25, -0.2) is 4.98 Å². The summed E-state index contributed by atoms with van der Waals surface area (Å²) >= 11 is 0. The van der Waals surface area contributed by atoms with E-state index in [0.717, 1.165) is 38.4 Å². The second-order valence-electron chi connectivity index (χ2n) is 4.34. The van der Waals surface area contributed by atoms with Crippen LogP contribution in [0, 0.1) is 6.92 Å². The van der Waals surface area contributed by atoms with Gasteiger partial charge in [0.25, 0.3) is 0 Å². The van der Waals surface area contributed by atoms with Crippen LogP contribution >= 0.6 is 0 Å². The second-order valence-corrected chi connectivity index (χ2v) is 4.34. The molecule has 18 heavy (non-hydrogen) atoms. The van der Waals surface area contributed by atoms with Crippen LogP contribution in [-0.4, -0.2) is 30.8 Å². The molecule has 2 heterocycles. The molecule has 0 atom stereocenters. The quantitative estimate of drug-likeness (QED) is 0.822. The first-order valence-electron chi connectivity index (χ1n) is 7.09. The van der Waals surface area contributed by atoms with E-state index in [1.807, 2.05) is 20.0 Å². The zero-order valence-corrected chi connectivity index (χ0v) is 12.1. The number of piperidine rings is 1. The van der Waals surface area contributed by atoms with Crippen LogP contribution in [0.4, 0.5) is 5.82 Å². The molecule has 0 amide bonds. The van der Waals surface area contributed by atoms with E-state index in [0.29, 0.717) is 6.10 Å². The van der Waals surface area contributed by atoms with E-state index in [4.69, 9.17) is 4.74 Å². The minimum atomic E-state index is 0.451. The van der Waals surface area contributed by atoms with Gasteiger partial charge < -0.3 is 9.64 Å². The van der Waals surface area contributed by atoms with Crippen molar-refractivity contribution >= 4 is 5.82 Å². The van der Waals surface area contributed by atoms with Crippen molar-refractivity contribution in [3.05, 3.63) is 23.9 Å². The molecule has 0 bridgehead atoms. The van der Waals surface area contributed by atoms with Gasteiger partial charge in [-0.1, -0.05) is 19.9 Å². The Bertz CT molecular complexity index is 316. The molecule has 1 aliphatic rings. The first-order valence-corrected chi connectivity index (χ1v) is 7.09. The van der Waals surface area contributed by atoms with Crippen molar-refractivity contribution in [3.8, 4) is 0 Å². The molecule has 2 rings (SSSR count). The molecule has 1 saturated heterocycles. The van der Waals surface area contributed by atoms with Gasteiger partial charge in [0.05, 0.1) is 6.10 Å². The zero-order chi connectivity index (χ0) is 13.4. The van der Waals surface area contributed by atoms with Gasteiger partial charge in [-0.2, -0.15) is 0 Å². The minimum absolute atomic E-state index is 0.451. The number of aryl methyl sites for hydroxylation is 1. The molecule has 0 radical (unpaired) electrons. The van der Waals surface area contributed by atoms with E-state index in [-0.39, 0.29) is 0 Å². The molecule has 0 aliphatic carbocycles. The van der Waals surface area contributed by atoms with Crippen molar-refractivity contribution in [2.75, 3.05) is 24.6 Å². The first kappa shape index (κ1) is 15.0. The fourth-order valence-corrected chi connectivity index (χ4v) is 2.13. The van der Waals surface area contributed by atoms with Crippen LogP contribution in [0.5, 0.6) is 0 Å². The van der Waals surface area contributed by atoms with Crippen molar-refractivity contribution in [1.82, 2.24) is 4.98 Å². The van der Waals surface area contributed by atoms with Gasteiger partial charge in [0, 0.05) is 25.9 Å². The molecule has 3 heteroatoms. The Morgan fingerprint density at radius 3 is 2.44 bits per heavy atom. The summed E-state index contributed by atoms with van der Waals surface area (Å²) in [6.45, 7) is 11.1. The summed E-state index contributed by atoms with van der Waals surface area (Å²) in [5.41, 5.74) is 1.22. The SMILES string of the molecule is CC.CCOC1CCN(c2ccc(C)cn2)CC1. The van der Waals surface area contributed by atoms with Crippen molar-refractivity contribution in [2.24, 2.45) is 0 Å². The maximum Gasteiger partial charge on any atom is 0.128 e. The van der Waals surface area contributed by atoms with E-state index in [2.05, 4.69) is 35.9 Å². The van der Waals surface area contributed by atoms with Crippen LogP contribution in [0.2, 0.25) is 0 Å². The molecule has 0 aromatic carbocycles. The van der Waals surface area contributed by atoms with Gasteiger partial charge in [-0.15, -0.1) is 0 Å². The van der Waals surface area contributed by atoms with Crippen molar-refractivity contribution in [3.63, 3.8) is 0 Å².